The van der Waals surface area contributed by atoms with Gasteiger partial charge in [0.05, 0.1) is 0 Å². The standard InChI is InChI=1S/C14H24N2S/c1-3-9-16(12-5-6-12)11-14-8-7-13(17-14)10-15-4-2/h7-8,12,15H,3-6,9-11H2,1-2H3. The Kier molecular flexibility index (Phi) is 5.01. The van der Waals surface area contributed by atoms with Crippen LogP contribution in [0.4, 0.5) is 0 Å². The molecule has 1 N–H and O–H groups in total. The third kappa shape index (κ3) is 4.09. The Labute approximate surface area is 109 Å². The maximum Gasteiger partial charge on any atom is 0.0330 e. The van der Waals surface area contributed by atoms with Crippen LogP contribution in [0, 0.1) is 0 Å². The molecule has 3 heteroatoms. The van der Waals surface area contributed by atoms with Gasteiger partial charge in [-0.25, -0.2) is 0 Å². The number of nitrogens with zero attached hydrogens (tertiary/aromatic N) is 1. The Hall–Kier alpha value is -0.380. The number of nitrogens with one attached hydrogen (secondary N) is 1. The highest BCUT2D eigenvalue weighted by molar-refractivity contribution is 7.11. The summed E-state index contributed by atoms with van der Waals surface area (Å²) in [5, 5.41) is 3.39. The minimum Gasteiger partial charge on any atom is -0.312 e. The molecule has 1 aliphatic rings. The molecule has 1 heterocycles. The molecule has 0 atom stereocenters. The SMILES string of the molecule is CCCN(Cc1ccc(CNCC)s1)C1CC1. The lowest BCUT2D eigenvalue weighted by atomic mass is 10.3. The van der Waals surface area contributed by atoms with Gasteiger partial charge in [0.15, 0.2) is 0 Å². The van der Waals surface area contributed by atoms with Crippen molar-refractivity contribution in [1.82, 2.24) is 10.2 Å². The van der Waals surface area contributed by atoms with Crippen LogP contribution in [0.1, 0.15) is 42.9 Å². The van der Waals surface area contributed by atoms with Gasteiger partial charge in [-0.05, 0) is 44.5 Å². The minimum absolute atomic E-state index is 0.884. The van der Waals surface area contributed by atoms with Crippen LogP contribution in [0.3, 0.4) is 0 Å². The van der Waals surface area contributed by atoms with E-state index in [0.29, 0.717) is 0 Å². The monoisotopic (exact) mass is 252 g/mol. The van der Waals surface area contributed by atoms with Crippen molar-refractivity contribution in [2.24, 2.45) is 0 Å². The van der Waals surface area contributed by atoms with Crippen LogP contribution in [-0.4, -0.2) is 24.0 Å². The molecule has 1 aliphatic carbocycles. The van der Waals surface area contributed by atoms with Gasteiger partial charge in [-0.3, -0.25) is 4.90 Å². The van der Waals surface area contributed by atoms with Crippen LogP contribution in [0.5, 0.6) is 0 Å². The molecule has 2 rings (SSSR count). The Morgan fingerprint density at radius 3 is 2.71 bits per heavy atom. The van der Waals surface area contributed by atoms with E-state index in [1.165, 1.54) is 35.6 Å². The molecule has 1 aromatic heterocycles. The topological polar surface area (TPSA) is 15.3 Å². The molecule has 1 fully saturated rings. The lowest BCUT2D eigenvalue weighted by Crippen LogP contribution is -2.25. The van der Waals surface area contributed by atoms with Crippen LogP contribution in [0.25, 0.3) is 0 Å². The van der Waals surface area contributed by atoms with Crippen LogP contribution in [-0.2, 0) is 13.1 Å². The molecule has 17 heavy (non-hydrogen) atoms. The zero-order valence-electron chi connectivity index (χ0n) is 11.0. The van der Waals surface area contributed by atoms with Crippen molar-refractivity contribution in [1.29, 1.82) is 0 Å². The maximum atomic E-state index is 3.39. The molecule has 0 saturated heterocycles. The van der Waals surface area contributed by atoms with Gasteiger partial charge in [-0.1, -0.05) is 13.8 Å². The highest BCUT2D eigenvalue weighted by Gasteiger charge is 2.28. The molecule has 0 radical (unpaired) electrons. The number of hydrogen-bond donors (Lipinski definition) is 1. The van der Waals surface area contributed by atoms with Gasteiger partial charge in [0.2, 0.25) is 0 Å². The van der Waals surface area contributed by atoms with Gasteiger partial charge in [-0.2, -0.15) is 0 Å². The largest absolute Gasteiger partial charge is 0.312 e. The summed E-state index contributed by atoms with van der Waals surface area (Å²) in [6.07, 6.45) is 4.09. The fraction of sp³-hybridized carbons (Fsp3) is 0.714. The first-order valence-electron chi connectivity index (χ1n) is 6.85. The van der Waals surface area contributed by atoms with Crippen LogP contribution >= 0.6 is 11.3 Å². The fourth-order valence-electron chi connectivity index (χ4n) is 2.17. The third-order valence-corrected chi connectivity index (χ3v) is 4.27. The van der Waals surface area contributed by atoms with Crippen LogP contribution < -0.4 is 5.32 Å². The van der Waals surface area contributed by atoms with Crippen molar-refractivity contribution in [3.05, 3.63) is 21.9 Å². The zero-order valence-corrected chi connectivity index (χ0v) is 11.9. The average molecular weight is 252 g/mol. The molecule has 1 saturated carbocycles. The lowest BCUT2D eigenvalue weighted by Gasteiger charge is -2.20. The summed E-state index contributed by atoms with van der Waals surface area (Å²) in [7, 11) is 0. The highest BCUT2D eigenvalue weighted by Crippen LogP contribution is 2.29. The number of hydrogen-bond acceptors (Lipinski definition) is 3. The average Bonchev–Trinajstić information content (AvgIpc) is 3.08. The van der Waals surface area contributed by atoms with Crippen molar-refractivity contribution in [3.8, 4) is 0 Å². The van der Waals surface area contributed by atoms with Gasteiger partial charge < -0.3 is 5.32 Å². The van der Waals surface area contributed by atoms with Gasteiger partial charge >= 0.3 is 0 Å². The molecule has 0 aliphatic heterocycles. The van der Waals surface area contributed by atoms with Crippen LogP contribution in [0.2, 0.25) is 0 Å². The van der Waals surface area contributed by atoms with Gasteiger partial charge in [0.25, 0.3) is 0 Å². The summed E-state index contributed by atoms with van der Waals surface area (Å²) < 4.78 is 0. The van der Waals surface area contributed by atoms with Gasteiger partial charge in [-0.15, -0.1) is 11.3 Å². The first kappa shape index (κ1) is 13.1. The first-order chi connectivity index (χ1) is 8.33. The van der Waals surface area contributed by atoms with Crippen molar-refractivity contribution in [2.45, 2.75) is 52.2 Å². The second kappa shape index (κ2) is 6.53. The van der Waals surface area contributed by atoms with Gasteiger partial charge in [0.1, 0.15) is 0 Å². The molecule has 0 bridgehead atoms. The van der Waals surface area contributed by atoms with Crippen molar-refractivity contribution >= 4 is 11.3 Å². The Morgan fingerprint density at radius 2 is 2.06 bits per heavy atom. The summed E-state index contributed by atoms with van der Waals surface area (Å²) in [4.78, 5) is 5.65. The van der Waals surface area contributed by atoms with Crippen molar-refractivity contribution in [2.75, 3.05) is 13.1 Å². The van der Waals surface area contributed by atoms with E-state index in [0.717, 1.165) is 25.7 Å². The molecule has 96 valence electrons. The highest BCUT2D eigenvalue weighted by atomic mass is 32.1. The predicted octanol–water partition coefficient (Wildman–Crippen LogP) is 3.23. The summed E-state index contributed by atoms with van der Waals surface area (Å²) in [6, 6.07) is 5.47. The summed E-state index contributed by atoms with van der Waals surface area (Å²) in [6.45, 7) is 8.93. The fourth-order valence-corrected chi connectivity index (χ4v) is 3.18. The van der Waals surface area contributed by atoms with Crippen LogP contribution in [0.15, 0.2) is 12.1 Å². The predicted molar refractivity (Wildman–Crippen MR) is 75.4 cm³/mol. The van der Waals surface area contributed by atoms with E-state index < -0.39 is 0 Å². The van der Waals surface area contributed by atoms with E-state index in [2.05, 4.69) is 36.2 Å². The van der Waals surface area contributed by atoms with Gasteiger partial charge in [0, 0.05) is 28.9 Å². The number of rotatable bonds is 8. The normalized spacial score (nSPS) is 15.7. The second-order valence-corrected chi connectivity index (χ2v) is 6.10. The number of thiophene rings is 1. The molecule has 2 nitrogen and oxygen atoms in total. The summed E-state index contributed by atoms with van der Waals surface area (Å²) >= 11 is 1.97. The van der Waals surface area contributed by atoms with Crippen molar-refractivity contribution in [3.63, 3.8) is 0 Å². The van der Waals surface area contributed by atoms with Crippen molar-refractivity contribution < 1.29 is 0 Å². The molecule has 0 aromatic carbocycles. The molecule has 0 spiro atoms. The molecule has 1 aromatic rings. The summed E-state index contributed by atoms with van der Waals surface area (Å²) in [5.41, 5.74) is 0. The quantitative estimate of drug-likeness (QED) is 0.764. The summed E-state index contributed by atoms with van der Waals surface area (Å²) in [5.74, 6) is 0. The molecular weight excluding hydrogens is 228 g/mol. The molecule has 0 unspecified atom stereocenters. The molecular formula is C14H24N2S. The molecule has 0 amide bonds. The van der Waals surface area contributed by atoms with E-state index in [1.54, 1.807) is 0 Å². The Morgan fingerprint density at radius 1 is 1.29 bits per heavy atom. The minimum atomic E-state index is 0.884. The lowest BCUT2D eigenvalue weighted by molar-refractivity contribution is 0.257. The Balaban J connectivity index is 1.85. The third-order valence-electron chi connectivity index (χ3n) is 3.20. The van der Waals surface area contributed by atoms with E-state index in [1.807, 2.05) is 11.3 Å². The van der Waals surface area contributed by atoms with E-state index in [9.17, 15) is 0 Å². The first-order valence-corrected chi connectivity index (χ1v) is 7.67. The van der Waals surface area contributed by atoms with E-state index in [4.69, 9.17) is 0 Å². The zero-order chi connectivity index (χ0) is 12.1. The smallest absolute Gasteiger partial charge is 0.0330 e. The second-order valence-electron chi connectivity index (χ2n) is 4.85. The van der Waals surface area contributed by atoms with E-state index >= 15 is 0 Å². The maximum absolute atomic E-state index is 3.39. The Bertz CT molecular complexity index is 331. The van der Waals surface area contributed by atoms with E-state index in [-0.39, 0.29) is 0 Å².